The first-order chi connectivity index (χ1) is 12.4. The summed E-state index contributed by atoms with van der Waals surface area (Å²) < 4.78 is 1.42. The summed E-state index contributed by atoms with van der Waals surface area (Å²) in [6.45, 7) is 4.53. The maximum absolute atomic E-state index is 12.6. The summed E-state index contributed by atoms with van der Waals surface area (Å²) in [4.78, 5) is 42.4. The number of carboxylic acids is 1. The van der Waals surface area contributed by atoms with Crippen molar-refractivity contribution in [1.82, 2.24) is 14.5 Å². The third-order valence-corrected chi connectivity index (χ3v) is 5.09. The van der Waals surface area contributed by atoms with E-state index in [0.717, 1.165) is 12.0 Å². The number of likely N-dealkylation sites (tertiary alicyclic amines) is 1. The molecule has 7 nitrogen and oxygen atoms in total. The molecule has 1 aliphatic heterocycles. The van der Waals surface area contributed by atoms with E-state index in [1.807, 2.05) is 26.0 Å². The molecule has 0 bridgehead atoms. The van der Waals surface area contributed by atoms with Crippen LogP contribution in [0.2, 0.25) is 0 Å². The van der Waals surface area contributed by atoms with Gasteiger partial charge < -0.3 is 10.0 Å². The van der Waals surface area contributed by atoms with Crippen LogP contribution in [0.25, 0.3) is 10.9 Å². The lowest BCUT2D eigenvalue weighted by Gasteiger charge is -2.36. The van der Waals surface area contributed by atoms with Crippen LogP contribution in [0.4, 0.5) is 0 Å². The van der Waals surface area contributed by atoms with Crippen molar-refractivity contribution in [3.63, 3.8) is 0 Å². The number of hydrogen-bond donors (Lipinski definition) is 1. The van der Waals surface area contributed by atoms with Crippen LogP contribution >= 0.6 is 0 Å². The Labute approximate surface area is 151 Å². The Bertz CT molecular complexity index is 905. The summed E-state index contributed by atoms with van der Waals surface area (Å²) >= 11 is 0. The number of nitrogens with zero attached hydrogens (tertiary/aromatic N) is 3. The molecular weight excluding hydrogens is 334 g/mol. The van der Waals surface area contributed by atoms with Crippen molar-refractivity contribution in [2.24, 2.45) is 5.92 Å². The average molecular weight is 357 g/mol. The minimum Gasteiger partial charge on any atom is -0.480 e. The number of carbonyl (C=O) groups is 2. The normalized spacial score (nSPS) is 20.3. The number of aryl methyl sites for hydroxylation is 2. The van der Waals surface area contributed by atoms with Gasteiger partial charge in [0.15, 0.2) is 0 Å². The highest BCUT2D eigenvalue weighted by molar-refractivity contribution is 5.84. The lowest BCUT2D eigenvalue weighted by Crippen LogP contribution is -2.50. The fourth-order valence-corrected chi connectivity index (χ4v) is 3.53. The Balaban J connectivity index is 1.75. The number of rotatable bonds is 4. The molecule has 2 unspecified atom stereocenters. The highest BCUT2D eigenvalue weighted by Gasteiger charge is 2.34. The number of benzene rings is 1. The first-order valence-corrected chi connectivity index (χ1v) is 8.85. The van der Waals surface area contributed by atoms with Crippen LogP contribution in [0.5, 0.6) is 0 Å². The highest BCUT2D eigenvalue weighted by atomic mass is 16.4. The maximum atomic E-state index is 12.6. The molecule has 0 spiro atoms. The third-order valence-electron chi connectivity index (χ3n) is 5.09. The first kappa shape index (κ1) is 18.1. The van der Waals surface area contributed by atoms with Gasteiger partial charge in [-0.15, -0.1) is 0 Å². The Morgan fingerprint density at radius 1 is 1.35 bits per heavy atom. The van der Waals surface area contributed by atoms with E-state index in [-0.39, 0.29) is 30.3 Å². The highest BCUT2D eigenvalue weighted by Crippen LogP contribution is 2.23. The van der Waals surface area contributed by atoms with Gasteiger partial charge in [0.2, 0.25) is 5.91 Å². The lowest BCUT2D eigenvalue weighted by molar-refractivity contribution is -0.153. The molecule has 26 heavy (non-hydrogen) atoms. The molecule has 1 amide bonds. The van der Waals surface area contributed by atoms with Gasteiger partial charge in [-0.2, -0.15) is 0 Å². The van der Waals surface area contributed by atoms with Crippen molar-refractivity contribution in [2.75, 3.05) is 6.54 Å². The molecule has 1 fully saturated rings. The number of aromatic nitrogens is 2. The zero-order chi connectivity index (χ0) is 18.8. The van der Waals surface area contributed by atoms with E-state index in [1.165, 1.54) is 15.8 Å². The predicted octanol–water partition coefficient (Wildman–Crippen LogP) is 1.81. The quantitative estimate of drug-likeness (QED) is 0.901. The Kier molecular flexibility index (Phi) is 5.06. The van der Waals surface area contributed by atoms with Gasteiger partial charge in [-0.05, 0) is 37.3 Å². The minimum atomic E-state index is -0.968. The molecule has 138 valence electrons. The van der Waals surface area contributed by atoms with Gasteiger partial charge >= 0.3 is 5.97 Å². The molecule has 0 radical (unpaired) electrons. The van der Waals surface area contributed by atoms with Gasteiger partial charge in [0, 0.05) is 19.5 Å². The molecule has 1 N–H and O–H groups in total. The number of amides is 1. The standard InChI is InChI=1S/C19H23N3O4/c1-12-6-9-22(15(10-12)19(25)26)16(23)7-8-21-11-20-17-13(2)4-3-5-14(17)18(21)24/h3-5,11-12,15H,6-10H2,1-2H3,(H,25,26). The number of hydrogen-bond acceptors (Lipinski definition) is 4. The summed E-state index contributed by atoms with van der Waals surface area (Å²) in [5.74, 6) is -0.916. The second kappa shape index (κ2) is 7.27. The number of carbonyl (C=O) groups excluding carboxylic acids is 1. The number of piperidine rings is 1. The van der Waals surface area contributed by atoms with E-state index >= 15 is 0 Å². The largest absolute Gasteiger partial charge is 0.480 e. The van der Waals surface area contributed by atoms with Gasteiger partial charge in [-0.1, -0.05) is 19.1 Å². The third kappa shape index (κ3) is 3.47. The second-order valence-electron chi connectivity index (χ2n) is 7.03. The van der Waals surface area contributed by atoms with Gasteiger partial charge in [0.05, 0.1) is 17.2 Å². The van der Waals surface area contributed by atoms with E-state index in [9.17, 15) is 19.5 Å². The molecule has 1 aliphatic rings. The molecule has 7 heteroatoms. The van der Waals surface area contributed by atoms with Gasteiger partial charge in [-0.3, -0.25) is 14.2 Å². The number of aliphatic carboxylic acids is 1. The molecule has 1 aromatic carbocycles. The van der Waals surface area contributed by atoms with Gasteiger partial charge in [0.25, 0.3) is 5.56 Å². The number of carboxylic acid groups (broad SMARTS) is 1. The van der Waals surface area contributed by atoms with E-state index in [4.69, 9.17) is 0 Å². The van der Waals surface area contributed by atoms with Gasteiger partial charge in [-0.25, -0.2) is 9.78 Å². The Morgan fingerprint density at radius 2 is 2.12 bits per heavy atom. The zero-order valence-corrected chi connectivity index (χ0v) is 15.0. The van der Waals surface area contributed by atoms with E-state index < -0.39 is 12.0 Å². The number of para-hydroxylation sites is 1. The zero-order valence-electron chi connectivity index (χ0n) is 15.0. The molecule has 3 rings (SSSR count). The molecule has 1 aromatic heterocycles. The topological polar surface area (TPSA) is 92.5 Å². The molecule has 1 saturated heterocycles. The van der Waals surface area contributed by atoms with Crippen molar-refractivity contribution in [2.45, 2.75) is 45.7 Å². The van der Waals surface area contributed by atoms with E-state index in [1.54, 1.807) is 6.07 Å². The van der Waals surface area contributed by atoms with Crippen molar-refractivity contribution >= 4 is 22.8 Å². The summed E-state index contributed by atoms with van der Waals surface area (Å²) in [6.07, 6.45) is 2.80. The monoisotopic (exact) mass is 357 g/mol. The van der Waals surface area contributed by atoms with Crippen LogP contribution in [0.3, 0.4) is 0 Å². The number of fused-ring (bicyclic) bond motifs is 1. The van der Waals surface area contributed by atoms with E-state index in [0.29, 0.717) is 23.9 Å². The van der Waals surface area contributed by atoms with Crippen LogP contribution in [0.1, 0.15) is 31.7 Å². The molecule has 2 atom stereocenters. The Morgan fingerprint density at radius 3 is 2.85 bits per heavy atom. The van der Waals surface area contributed by atoms with Crippen molar-refractivity contribution in [3.8, 4) is 0 Å². The molecule has 0 aliphatic carbocycles. The Hall–Kier alpha value is -2.70. The van der Waals surface area contributed by atoms with Crippen LogP contribution in [-0.4, -0.2) is 44.0 Å². The fraction of sp³-hybridized carbons (Fsp3) is 0.474. The van der Waals surface area contributed by atoms with Crippen LogP contribution in [0.15, 0.2) is 29.3 Å². The van der Waals surface area contributed by atoms with E-state index in [2.05, 4.69) is 4.98 Å². The summed E-state index contributed by atoms with van der Waals surface area (Å²) in [5.41, 5.74) is 1.40. The minimum absolute atomic E-state index is 0.0804. The van der Waals surface area contributed by atoms with Crippen molar-refractivity contribution in [3.05, 3.63) is 40.4 Å². The van der Waals surface area contributed by atoms with Crippen LogP contribution in [0, 0.1) is 12.8 Å². The summed E-state index contributed by atoms with van der Waals surface area (Å²) in [5, 5.41) is 9.91. The fourth-order valence-electron chi connectivity index (χ4n) is 3.53. The van der Waals surface area contributed by atoms with Crippen LogP contribution < -0.4 is 5.56 Å². The second-order valence-corrected chi connectivity index (χ2v) is 7.03. The molecule has 0 saturated carbocycles. The predicted molar refractivity (Wildman–Crippen MR) is 96.9 cm³/mol. The molecule has 2 heterocycles. The van der Waals surface area contributed by atoms with Crippen molar-refractivity contribution < 1.29 is 14.7 Å². The maximum Gasteiger partial charge on any atom is 0.326 e. The summed E-state index contributed by atoms with van der Waals surface area (Å²) in [7, 11) is 0. The molecule has 2 aromatic rings. The smallest absolute Gasteiger partial charge is 0.326 e. The summed E-state index contributed by atoms with van der Waals surface area (Å²) in [6, 6.07) is 4.65. The van der Waals surface area contributed by atoms with Gasteiger partial charge in [0.1, 0.15) is 6.04 Å². The molecular formula is C19H23N3O4. The van der Waals surface area contributed by atoms with Crippen LogP contribution in [-0.2, 0) is 16.1 Å². The average Bonchev–Trinajstić information content (AvgIpc) is 2.61. The lowest BCUT2D eigenvalue weighted by atomic mass is 9.92. The SMILES string of the molecule is Cc1cccc2c(=O)n(CCC(=O)N3CCC(C)CC3C(=O)O)cnc12. The van der Waals surface area contributed by atoms with Crippen molar-refractivity contribution in [1.29, 1.82) is 0 Å². The first-order valence-electron chi connectivity index (χ1n) is 8.85.